The molecule has 0 spiro atoms. The molecule has 2 aromatic carbocycles. The number of carboxylic acids is 1. The zero-order valence-electron chi connectivity index (χ0n) is 14.4. The topological polar surface area (TPSA) is 74.7 Å². The molecular formula is C18H19Cl2NO4S. The summed E-state index contributed by atoms with van der Waals surface area (Å²) in [5, 5.41) is 9.29. The summed E-state index contributed by atoms with van der Waals surface area (Å²) in [6, 6.07) is 9.60. The molecule has 0 saturated carbocycles. The van der Waals surface area contributed by atoms with Crippen LogP contribution < -0.4 is 4.31 Å². The third kappa shape index (κ3) is 4.50. The van der Waals surface area contributed by atoms with Crippen LogP contribution in [-0.2, 0) is 14.8 Å². The molecular weight excluding hydrogens is 397 g/mol. The summed E-state index contributed by atoms with van der Waals surface area (Å²) in [7, 11) is -3.94. The van der Waals surface area contributed by atoms with Crippen molar-refractivity contribution in [1.82, 2.24) is 0 Å². The summed E-state index contributed by atoms with van der Waals surface area (Å²) >= 11 is 11.9. The summed E-state index contributed by atoms with van der Waals surface area (Å²) in [5.74, 6) is -0.974. The van der Waals surface area contributed by atoms with Crippen LogP contribution in [0.5, 0.6) is 0 Å². The number of carbonyl (C=O) groups is 1. The van der Waals surface area contributed by atoms with Crippen molar-refractivity contribution in [2.24, 2.45) is 0 Å². The molecule has 0 bridgehead atoms. The molecule has 0 aliphatic rings. The fraction of sp³-hybridized carbons (Fsp3) is 0.278. The predicted octanol–water partition coefficient (Wildman–Crippen LogP) is 4.67. The second kappa shape index (κ2) is 8.29. The number of halogens is 2. The van der Waals surface area contributed by atoms with E-state index in [1.807, 2.05) is 32.0 Å². The smallest absolute Gasteiger partial charge is 0.303 e. The quantitative estimate of drug-likeness (QED) is 0.712. The summed E-state index contributed by atoms with van der Waals surface area (Å²) in [6.07, 6.45) is 0.0575. The number of hydrogen-bond donors (Lipinski definition) is 1. The van der Waals surface area contributed by atoms with E-state index in [0.29, 0.717) is 5.69 Å². The lowest BCUT2D eigenvalue weighted by molar-refractivity contribution is -0.137. The van der Waals surface area contributed by atoms with Gasteiger partial charge in [-0.2, -0.15) is 0 Å². The van der Waals surface area contributed by atoms with Crippen LogP contribution in [0.1, 0.15) is 24.0 Å². The average Bonchev–Trinajstić information content (AvgIpc) is 2.55. The van der Waals surface area contributed by atoms with Crippen LogP contribution in [0.15, 0.2) is 41.3 Å². The van der Waals surface area contributed by atoms with Crippen LogP contribution in [0.3, 0.4) is 0 Å². The van der Waals surface area contributed by atoms with Gasteiger partial charge < -0.3 is 5.11 Å². The Labute approximate surface area is 163 Å². The van der Waals surface area contributed by atoms with Gasteiger partial charge in [-0.15, -0.1) is 0 Å². The van der Waals surface area contributed by atoms with Gasteiger partial charge in [0.1, 0.15) is 0 Å². The third-order valence-corrected chi connectivity index (χ3v) is 6.45. The Morgan fingerprint density at radius 1 is 1.08 bits per heavy atom. The number of nitrogens with zero attached hydrogens (tertiary/aromatic N) is 1. The van der Waals surface area contributed by atoms with Gasteiger partial charge >= 0.3 is 5.97 Å². The van der Waals surface area contributed by atoms with E-state index in [-0.39, 0.29) is 34.3 Å². The van der Waals surface area contributed by atoms with E-state index in [2.05, 4.69) is 0 Å². The minimum atomic E-state index is -3.94. The first kappa shape index (κ1) is 20.6. The molecule has 8 heteroatoms. The standard InChI is InChI=1S/C18H19Cl2NO4S/c1-12-5-3-6-13(2)18(12)21(10-4-7-17(22)23)26(24,25)14-8-9-15(19)16(20)11-14/h3,5-6,8-9,11H,4,7,10H2,1-2H3,(H,22,23). The largest absolute Gasteiger partial charge is 0.481 e. The van der Waals surface area contributed by atoms with E-state index in [0.717, 1.165) is 11.1 Å². The van der Waals surface area contributed by atoms with E-state index in [1.165, 1.54) is 22.5 Å². The Kier molecular flexibility index (Phi) is 6.55. The molecule has 0 unspecified atom stereocenters. The molecule has 0 amide bonds. The highest BCUT2D eigenvalue weighted by Gasteiger charge is 2.27. The molecule has 0 radical (unpaired) electrons. The Bertz CT molecular complexity index is 909. The van der Waals surface area contributed by atoms with Crippen molar-refractivity contribution in [1.29, 1.82) is 0 Å². The Morgan fingerprint density at radius 3 is 2.23 bits per heavy atom. The summed E-state index contributed by atoms with van der Waals surface area (Å²) in [5.41, 5.74) is 2.11. The Balaban J connectivity index is 2.54. The van der Waals surface area contributed by atoms with Crippen molar-refractivity contribution in [2.45, 2.75) is 31.6 Å². The van der Waals surface area contributed by atoms with E-state index in [1.54, 1.807) is 0 Å². The summed E-state index contributed by atoms with van der Waals surface area (Å²) in [4.78, 5) is 10.9. The molecule has 0 aliphatic carbocycles. The number of sulfonamides is 1. The second-order valence-electron chi connectivity index (χ2n) is 5.89. The number of anilines is 1. The Hall–Kier alpha value is -1.76. The first-order valence-corrected chi connectivity index (χ1v) is 10.1. The van der Waals surface area contributed by atoms with E-state index in [4.69, 9.17) is 28.3 Å². The van der Waals surface area contributed by atoms with Gasteiger partial charge in [-0.25, -0.2) is 8.42 Å². The minimum Gasteiger partial charge on any atom is -0.481 e. The van der Waals surface area contributed by atoms with E-state index < -0.39 is 16.0 Å². The first-order valence-electron chi connectivity index (χ1n) is 7.90. The van der Waals surface area contributed by atoms with Gasteiger partial charge in [0.2, 0.25) is 0 Å². The molecule has 1 N–H and O–H groups in total. The highest BCUT2D eigenvalue weighted by molar-refractivity contribution is 7.92. The van der Waals surface area contributed by atoms with Crippen molar-refractivity contribution < 1.29 is 18.3 Å². The lowest BCUT2D eigenvalue weighted by Gasteiger charge is -2.27. The highest BCUT2D eigenvalue weighted by Crippen LogP contribution is 2.32. The van der Waals surface area contributed by atoms with E-state index >= 15 is 0 Å². The number of benzene rings is 2. The van der Waals surface area contributed by atoms with Crippen molar-refractivity contribution >= 4 is 44.9 Å². The van der Waals surface area contributed by atoms with Gasteiger partial charge in [-0.05, 0) is 49.6 Å². The minimum absolute atomic E-state index is 0.00452. The molecule has 0 fully saturated rings. The van der Waals surface area contributed by atoms with Crippen LogP contribution in [0.25, 0.3) is 0 Å². The second-order valence-corrected chi connectivity index (χ2v) is 8.57. The van der Waals surface area contributed by atoms with Gasteiger partial charge in [0.25, 0.3) is 10.0 Å². The van der Waals surface area contributed by atoms with Crippen LogP contribution >= 0.6 is 23.2 Å². The maximum absolute atomic E-state index is 13.3. The van der Waals surface area contributed by atoms with Crippen molar-refractivity contribution in [3.8, 4) is 0 Å². The number of hydrogen-bond acceptors (Lipinski definition) is 3. The molecule has 5 nitrogen and oxygen atoms in total. The Morgan fingerprint density at radius 2 is 1.69 bits per heavy atom. The van der Waals surface area contributed by atoms with Crippen LogP contribution in [-0.4, -0.2) is 26.0 Å². The fourth-order valence-electron chi connectivity index (χ4n) is 2.69. The van der Waals surface area contributed by atoms with Gasteiger partial charge in [0.15, 0.2) is 0 Å². The summed E-state index contributed by atoms with van der Waals surface area (Å²) < 4.78 is 27.8. The molecule has 2 rings (SSSR count). The normalized spacial score (nSPS) is 11.4. The zero-order chi connectivity index (χ0) is 19.5. The highest BCUT2D eigenvalue weighted by atomic mass is 35.5. The van der Waals surface area contributed by atoms with Gasteiger partial charge in [-0.3, -0.25) is 9.10 Å². The maximum Gasteiger partial charge on any atom is 0.303 e. The lowest BCUT2D eigenvalue weighted by Crippen LogP contribution is -2.33. The van der Waals surface area contributed by atoms with Crippen molar-refractivity contribution in [3.63, 3.8) is 0 Å². The number of aliphatic carboxylic acids is 1. The van der Waals surface area contributed by atoms with Crippen molar-refractivity contribution in [2.75, 3.05) is 10.8 Å². The van der Waals surface area contributed by atoms with Crippen LogP contribution in [0.4, 0.5) is 5.69 Å². The first-order chi connectivity index (χ1) is 12.1. The predicted molar refractivity (Wildman–Crippen MR) is 104 cm³/mol. The van der Waals surface area contributed by atoms with Crippen LogP contribution in [0, 0.1) is 13.8 Å². The number of carboxylic acid groups (broad SMARTS) is 1. The van der Waals surface area contributed by atoms with Gasteiger partial charge in [-0.1, -0.05) is 41.4 Å². The van der Waals surface area contributed by atoms with Crippen molar-refractivity contribution in [3.05, 3.63) is 57.6 Å². The molecule has 0 heterocycles. The van der Waals surface area contributed by atoms with E-state index in [9.17, 15) is 13.2 Å². The molecule has 0 atom stereocenters. The van der Waals surface area contributed by atoms with Crippen LogP contribution in [0.2, 0.25) is 10.0 Å². The number of rotatable bonds is 7. The van der Waals surface area contributed by atoms with Gasteiger partial charge in [0, 0.05) is 13.0 Å². The number of para-hydroxylation sites is 1. The maximum atomic E-state index is 13.3. The average molecular weight is 416 g/mol. The zero-order valence-corrected chi connectivity index (χ0v) is 16.7. The number of aryl methyl sites for hydroxylation is 2. The fourth-order valence-corrected chi connectivity index (χ4v) is 4.71. The molecule has 2 aromatic rings. The monoisotopic (exact) mass is 415 g/mol. The van der Waals surface area contributed by atoms with Gasteiger partial charge in [0.05, 0.1) is 20.6 Å². The molecule has 0 saturated heterocycles. The molecule has 26 heavy (non-hydrogen) atoms. The third-order valence-electron chi connectivity index (χ3n) is 3.92. The molecule has 0 aromatic heterocycles. The molecule has 140 valence electrons. The lowest BCUT2D eigenvalue weighted by atomic mass is 10.1. The molecule has 0 aliphatic heterocycles. The summed E-state index contributed by atoms with van der Waals surface area (Å²) in [6.45, 7) is 3.67. The SMILES string of the molecule is Cc1cccc(C)c1N(CCCC(=O)O)S(=O)(=O)c1ccc(Cl)c(Cl)c1.